The van der Waals surface area contributed by atoms with Crippen molar-refractivity contribution in [3.8, 4) is 0 Å². The summed E-state index contributed by atoms with van der Waals surface area (Å²) in [6.45, 7) is 3.44. The SMILES string of the molecule is COCc1cc(N2CCN(c3cccc(C(F)(F)F)c3)CC2)nc(SCc2cccc(C(=O)NCC3CC3)c2)n1. The van der Waals surface area contributed by atoms with Crippen molar-refractivity contribution in [2.24, 2.45) is 5.92 Å². The van der Waals surface area contributed by atoms with E-state index >= 15 is 0 Å². The summed E-state index contributed by atoms with van der Waals surface area (Å²) in [6.07, 6.45) is -1.99. The van der Waals surface area contributed by atoms with Gasteiger partial charge >= 0.3 is 6.18 Å². The van der Waals surface area contributed by atoms with Gasteiger partial charge in [0.2, 0.25) is 0 Å². The maximum atomic E-state index is 13.2. The lowest BCUT2D eigenvalue weighted by molar-refractivity contribution is -0.137. The average molecular weight is 572 g/mol. The number of methoxy groups -OCH3 is 1. The lowest BCUT2D eigenvalue weighted by Crippen LogP contribution is -2.47. The highest BCUT2D eigenvalue weighted by Crippen LogP contribution is 2.32. The van der Waals surface area contributed by atoms with Crippen LogP contribution in [0.2, 0.25) is 0 Å². The normalized spacial score (nSPS) is 15.8. The second-order valence-corrected chi connectivity index (χ2v) is 11.0. The number of piperazine rings is 1. The van der Waals surface area contributed by atoms with Crippen molar-refractivity contribution >= 4 is 29.2 Å². The third kappa shape index (κ3) is 7.45. The zero-order chi connectivity index (χ0) is 28.1. The molecule has 0 atom stereocenters. The van der Waals surface area contributed by atoms with Crippen LogP contribution in [0.15, 0.2) is 59.8 Å². The fourth-order valence-electron chi connectivity index (χ4n) is 4.59. The van der Waals surface area contributed by atoms with Crippen LogP contribution in [-0.2, 0) is 23.3 Å². The number of ether oxygens (including phenoxy) is 1. The van der Waals surface area contributed by atoms with E-state index in [4.69, 9.17) is 9.72 Å². The fourth-order valence-corrected chi connectivity index (χ4v) is 5.41. The fraction of sp³-hybridized carbons (Fsp3) is 0.414. The Morgan fingerprint density at radius 2 is 1.77 bits per heavy atom. The number of nitrogens with one attached hydrogen (secondary N) is 1. The summed E-state index contributed by atoms with van der Waals surface area (Å²) in [4.78, 5) is 26.0. The van der Waals surface area contributed by atoms with Crippen molar-refractivity contribution in [2.75, 3.05) is 49.6 Å². The van der Waals surface area contributed by atoms with E-state index in [-0.39, 0.29) is 5.91 Å². The van der Waals surface area contributed by atoms with Crippen LogP contribution in [0, 0.1) is 5.92 Å². The van der Waals surface area contributed by atoms with E-state index in [2.05, 4.69) is 15.2 Å². The summed E-state index contributed by atoms with van der Waals surface area (Å²) in [7, 11) is 1.61. The van der Waals surface area contributed by atoms with E-state index in [9.17, 15) is 18.0 Å². The van der Waals surface area contributed by atoms with Crippen LogP contribution < -0.4 is 15.1 Å². The molecule has 0 radical (unpaired) electrons. The molecule has 3 aromatic rings. The van der Waals surface area contributed by atoms with E-state index < -0.39 is 11.7 Å². The smallest absolute Gasteiger partial charge is 0.378 e. The molecule has 1 N–H and O–H groups in total. The van der Waals surface area contributed by atoms with E-state index in [1.54, 1.807) is 13.2 Å². The number of carbonyl (C=O) groups excluding carboxylic acids is 1. The molecule has 212 valence electrons. The van der Waals surface area contributed by atoms with Crippen LogP contribution in [0.1, 0.15) is 40.0 Å². The largest absolute Gasteiger partial charge is 0.416 e. The molecule has 2 aliphatic rings. The van der Waals surface area contributed by atoms with Crippen molar-refractivity contribution in [3.63, 3.8) is 0 Å². The number of amides is 1. The Hall–Kier alpha value is -3.31. The summed E-state index contributed by atoms with van der Waals surface area (Å²) >= 11 is 1.49. The van der Waals surface area contributed by atoms with Crippen LogP contribution in [0.5, 0.6) is 0 Å². The monoisotopic (exact) mass is 571 g/mol. The summed E-state index contributed by atoms with van der Waals surface area (Å²) in [5.41, 5.74) is 2.33. The molecule has 11 heteroatoms. The third-order valence-electron chi connectivity index (χ3n) is 6.98. The zero-order valence-corrected chi connectivity index (χ0v) is 23.1. The van der Waals surface area contributed by atoms with Gasteiger partial charge in [0, 0.05) is 62.9 Å². The number of nitrogens with zero attached hydrogens (tertiary/aromatic N) is 4. The first-order valence-corrected chi connectivity index (χ1v) is 14.3. The molecule has 7 nitrogen and oxygen atoms in total. The van der Waals surface area contributed by atoms with Gasteiger partial charge in [0.15, 0.2) is 5.16 Å². The van der Waals surface area contributed by atoms with Gasteiger partial charge < -0.3 is 19.9 Å². The highest BCUT2D eigenvalue weighted by atomic mass is 32.2. The number of halogens is 3. The van der Waals surface area contributed by atoms with Crippen molar-refractivity contribution in [1.29, 1.82) is 0 Å². The summed E-state index contributed by atoms with van der Waals surface area (Å²) in [5.74, 6) is 1.94. The highest BCUT2D eigenvalue weighted by molar-refractivity contribution is 7.98. The molecule has 0 spiro atoms. The zero-order valence-electron chi connectivity index (χ0n) is 22.3. The van der Waals surface area contributed by atoms with Crippen LogP contribution >= 0.6 is 11.8 Å². The van der Waals surface area contributed by atoms with E-state index in [1.165, 1.54) is 36.7 Å². The van der Waals surface area contributed by atoms with E-state index in [0.717, 1.165) is 29.7 Å². The Morgan fingerprint density at radius 3 is 2.50 bits per heavy atom. The van der Waals surface area contributed by atoms with Crippen molar-refractivity contribution in [1.82, 2.24) is 15.3 Å². The molecule has 1 saturated heterocycles. The van der Waals surface area contributed by atoms with Crippen molar-refractivity contribution in [3.05, 3.63) is 77.0 Å². The molecule has 1 saturated carbocycles. The van der Waals surface area contributed by atoms with Gasteiger partial charge in [-0.3, -0.25) is 4.79 Å². The number of aromatic nitrogens is 2. The molecule has 2 aromatic carbocycles. The molecular formula is C29H32F3N5O2S. The Balaban J connectivity index is 1.23. The van der Waals surface area contributed by atoms with Gasteiger partial charge in [-0.05, 0) is 54.7 Å². The summed E-state index contributed by atoms with van der Waals surface area (Å²) < 4.78 is 44.8. The van der Waals surface area contributed by atoms with Gasteiger partial charge in [0.05, 0.1) is 17.9 Å². The van der Waals surface area contributed by atoms with Gasteiger partial charge in [-0.1, -0.05) is 30.0 Å². The van der Waals surface area contributed by atoms with Gasteiger partial charge in [-0.2, -0.15) is 13.2 Å². The first kappa shape index (κ1) is 28.2. The lowest BCUT2D eigenvalue weighted by Gasteiger charge is -2.37. The molecule has 1 amide bonds. The molecule has 40 heavy (non-hydrogen) atoms. The number of alkyl halides is 3. The highest BCUT2D eigenvalue weighted by Gasteiger charge is 2.31. The first-order valence-electron chi connectivity index (χ1n) is 13.3. The third-order valence-corrected chi connectivity index (χ3v) is 7.90. The van der Waals surface area contributed by atoms with Gasteiger partial charge in [0.1, 0.15) is 5.82 Å². The molecule has 1 aliphatic heterocycles. The Kier molecular flexibility index (Phi) is 8.80. The minimum atomic E-state index is -4.37. The molecule has 2 fully saturated rings. The van der Waals surface area contributed by atoms with Crippen LogP contribution in [0.4, 0.5) is 24.7 Å². The van der Waals surface area contributed by atoms with Gasteiger partial charge in [0.25, 0.3) is 5.91 Å². The minimum absolute atomic E-state index is 0.0522. The quantitative estimate of drug-likeness (QED) is 0.258. The van der Waals surface area contributed by atoms with Crippen LogP contribution in [0.25, 0.3) is 0 Å². The average Bonchev–Trinajstić information content (AvgIpc) is 3.79. The minimum Gasteiger partial charge on any atom is -0.378 e. The molecule has 5 rings (SSSR count). The molecule has 2 heterocycles. The molecular weight excluding hydrogens is 539 g/mol. The second-order valence-electron chi connectivity index (χ2n) is 10.1. The predicted octanol–water partition coefficient (Wildman–Crippen LogP) is 5.40. The molecule has 1 aliphatic carbocycles. The lowest BCUT2D eigenvalue weighted by atomic mass is 10.1. The number of benzene rings is 2. The van der Waals surface area contributed by atoms with Crippen LogP contribution in [0.3, 0.4) is 0 Å². The van der Waals surface area contributed by atoms with E-state index in [0.29, 0.717) is 60.9 Å². The van der Waals surface area contributed by atoms with Crippen molar-refractivity contribution < 1.29 is 22.7 Å². The number of anilines is 2. The number of rotatable bonds is 10. The van der Waals surface area contributed by atoms with Crippen molar-refractivity contribution in [2.45, 2.75) is 36.5 Å². The van der Waals surface area contributed by atoms with Gasteiger partial charge in [-0.15, -0.1) is 0 Å². The number of hydrogen-bond donors (Lipinski definition) is 1. The van der Waals surface area contributed by atoms with Gasteiger partial charge in [-0.25, -0.2) is 9.97 Å². The predicted molar refractivity (Wildman–Crippen MR) is 150 cm³/mol. The van der Waals surface area contributed by atoms with E-state index in [1.807, 2.05) is 35.2 Å². The molecule has 0 unspecified atom stereocenters. The Labute approximate surface area is 236 Å². The Morgan fingerprint density at radius 1 is 1.02 bits per heavy atom. The number of hydrogen-bond acceptors (Lipinski definition) is 7. The second kappa shape index (κ2) is 12.5. The summed E-state index contributed by atoms with van der Waals surface area (Å²) in [5, 5.41) is 3.61. The molecule has 0 bridgehead atoms. The van der Waals surface area contributed by atoms with Crippen LogP contribution in [-0.4, -0.2) is 55.7 Å². The topological polar surface area (TPSA) is 70.6 Å². The maximum absolute atomic E-state index is 13.2. The standard InChI is InChI=1S/C29H32F3N5O2S/c1-39-18-24-16-26(37-12-10-36(11-13-37)25-7-3-6-23(15-25)29(30,31)32)35-28(34-24)40-19-21-4-2-5-22(14-21)27(38)33-17-20-8-9-20/h2-7,14-16,20H,8-13,17-19H2,1H3,(H,33,38). The number of carbonyl (C=O) groups is 1. The Bertz CT molecular complexity index is 1330. The summed E-state index contributed by atoms with van der Waals surface area (Å²) in [6, 6.07) is 15.0. The maximum Gasteiger partial charge on any atom is 0.416 e. The first-order chi connectivity index (χ1) is 19.3. The number of thioether (sulfide) groups is 1. The molecule has 1 aromatic heterocycles.